The molecule has 0 amide bonds. The van der Waals surface area contributed by atoms with Gasteiger partial charge < -0.3 is 5.32 Å². The lowest BCUT2D eigenvalue weighted by Gasteiger charge is -2.18. The number of aryl methyl sites for hydroxylation is 1. The number of benzene rings is 2. The molecular weight excluding hydrogens is 284 g/mol. The molecule has 0 bridgehead atoms. The van der Waals surface area contributed by atoms with E-state index in [-0.39, 0.29) is 11.9 Å². The average Bonchev–Trinajstić information content (AvgIpc) is 2.32. The van der Waals surface area contributed by atoms with Gasteiger partial charge in [-0.3, -0.25) is 0 Å². The number of hydrogen-bond acceptors (Lipinski definition) is 1. The van der Waals surface area contributed by atoms with E-state index in [1.807, 2.05) is 26.0 Å². The van der Waals surface area contributed by atoms with Crippen LogP contribution in [0, 0.1) is 12.7 Å². The van der Waals surface area contributed by atoms with Crippen molar-refractivity contribution in [2.24, 2.45) is 0 Å². The number of rotatable bonds is 3. The van der Waals surface area contributed by atoms with Gasteiger partial charge in [-0.05, 0) is 49.2 Å². The molecule has 1 nitrogen and oxygen atoms in total. The van der Waals surface area contributed by atoms with Crippen molar-refractivity contribution >= 4 is 28.9 Å². The number of nitrogens with one attached hydrogen (secondary N) is 1. The Hall–Kier alpha value is -1.25. The Bertz CT molecular complexity index is 599. The summed E-state index contributed by atoms with van der Waals surface area (Å²) in [6.07, 6.45) is 0. The minimum absolute atomic E-state index is 0.109. The van der Waals surface area contributed by atoms with E-state index in [1.54, 1.807) is 18.2 Å². The van der Waals surface area contributed by atoms with Gasteiger partial charge in [0.1, 0.15) is 5.82 Å². The quantitative estimate of drug-likeness (QED) is 0.776. The van der Waals surface area contributed by atoms with Crippen molar-refractivity contribution in [3.8, 4) is 0 Å². The Kier molecular flexibility index (Phi) is 4.33. The first-order valence-electron chi connectivity index (χ1n) is 5.95. The van der Waals surface area contributed by atoms with Gasteiger partial charge in [0.15, 0.2) is 0 Å². The number of halogens is 3. The molecule has 0 saturated heterocycles. The summed E-state index contributed by atoms with van der Waals surface area (Å²) in [4.78, 5) is 0. The summed E-state index contributed by atoms with van der Waals surface area (Å²) in [6, 6.07) is 10.3. The first-order chi connectivity index (χ1) is 8.97. The molecule has 0 spiro atoms. The summed E-state index contributed by atoms with van der Waals surface area (Å²) >= 11 is 12.0. The molecular formula is C15H14Cl2FN. The summed E-state index contributed by atoms with van der Waals surface area (Å²) in [7, 11) is 0. The highest BCUT2D eigenvalue weighted by Crippen LogP contribution is 2.29. The zero-order chi connectivity index (χ0) is 14.0. The van der Waals surface area contributed by atoms with Crippen LogP contribution in [0.25, 0.3) is 0 Å². The van der Waals surface area contributed by atoms with Crippen LogP contribution in [0.4, 0.5) is 10.1 Å². The van der Waals surface area contributed by atoms with Crippen LogP contribution >= 0.6 is 23.2 Å². The molecule has 0 fully saturated rings. The van der Waals surface area contributed by atoms with Gasteiger partial charge in [-0.1, -0.05) is 35.3 Å². The summed E-state index contributed by atoms with van der Waals surface area (Å²) in [6.45, 7) is 3.78. The van der Waals surface area contributed by atoms with Crippen molar-refractivity contribution in [2.45, 2.75) is 19.9 Å². The molecule has 0 saturated carbocycles. The van der Waals surface area contributed by atoms with Crippen LogP contribution in [0.1, 0.15) is 24.1 Å². The molecule has 2 aromatic rings. The monoisotopic (exact) mass is 297 g/mol. The number of hydrogen-bond donors (Lipinski definition) is 1. The van der Waals surface area contributed by atoms with Gasteiger partial charge in [0.05, 0.1) is 11.7 Å². The Balaban J connectivity index is 2.23. The van der Waals surface area contributed by atoms with Crippen molar-refractivity contribution < 1.29 is 4.39 Å². The molecule has 1 N–H and O–H groups in total. The van der Waals surface area contributed by atoms with Crippen molar-refractivity contribution in [3.63, 3.8) is 0 Å². The molecule has 4 heteroatoms. The van der Waals surface area contributed by atoms with Gasteiger partial charge in [-0.2, -0.15) is 0 Å². The van der Waals surface area contributed by atoms with Gasteiger partial charge >= 0.3 is 0 Å². The minimum Gasteiger partial charge on any atom is -0.376 e. The molecule has 0 heterocycles. The highest BCUT2D eigenvalue weighted by Gasteiger charge is 2.12. The van der Waals surface area contributed by atoms with Crippen LogP contribution in [-0.4, -0.2) is 0 Å². The smallest absolute Gasteiger partial charge is 0.146 e. The minimum atomic E-state index is -0.267. The summed E-state index contributed by atoms with van der Waals surface area (Å²) in [5.74, 6) is -0.267. The molecule has 1 atom stereocenters. The normalized spacial score (nSPS) is 12.3. The van der Waals surface area contributed by atoms with Crippen LogP contribution in [0.15, 0.2) is 36.4 Å². The van der Waals surface area contributed by atoms with E-state index in [1.165, 1.54) is 6.07 Å². The molecule has 2 rings (SSSR count). The third-order valence-electron chi connectivity index (χ3n) is 2.93. The van der Waals surface area contributed by atoms with Crippen molar-refractivity contribution in [2.75, 3.05) is 5.32 Å². The molecule has 19 heavy (non-hydrogen) atoms. The maximum Gasteiger partial charge on any atom is 0.146 e. The summed E-state index contributed by atoms with van der Waals surface area (Å²) in [5.41, 5.74) is 2.23. The largest absolute Gasteiger partial charge is 0.376 e. The highest BCUT2D eigenvalue weighted by molar-refractivity contribution is 6.35. The second-order valence-electron chi connectivity index (χ2n) is 4.52. The Morgan fingerprint density at radius 1 is 1.11 bits per heavy atom. The average molecular weight is 298 g/mol. The lowest BCUT2D eigenvalue weighted by atomic mass is 10.1. The molecule has 100 valence electrons. The van der Waals surface area contributed by atoms with Gasteiger partial charge in [0.2, 0.25) is 0 Å². The Morgan fingerprint density at radius 2 is 1.84 bits per heavy atom. The van der Waals surface area contributed by atoms with Gasteiger partial charge in [0.25, 0.3) is 0 Å². The van der Waals surface area contributed by atoms with E-state index in [0.29, 0.717) is 15.7 Å². The fraction of sp³-hybridized carbons (Fsp3) is 0.200. The highest BCUT2D eigenvalue weighted by atomic mass is 35.5. The Morgan fingerprint density at radius 3 is 2.47 bits per heavy atom. The third kappa shape index (κ3) is 3.40. The van der Waals surface area contributed by atoms with E-state index in [9.17, 15) is 4.39 Å². The fourth-order valence-electron chi connectivity index (χ4n) is 1.90. The lowest BCUT2D eigenvalue weighted by molar-refractivity contribution is 0.626. The zero-order valence-corrected chi connectivity index (χ0v) is 12.2. The van der Waals surface area contributed by atoms with Gasteiger partial charge in [-0.15, -0.1) is 0 Å². The van der Waals surface area contributed by atoms with Crippen LogP contribution in [0.2, 0.25) is 10.0 Å². The third-order valence-corrected chi connectivity index (χ3v) is 3.49. The van der Waals surface area contributed by atoms with E-state index < -0.39 is 0 Å². The predicted octanol–water partition coefficient (Wildman–Crippen LogP) is 5.61. The van der Waals surface area contributed by atoms with Crippen LogP contribution < -0.4 is 5.32 Å². The maximum atomic E-state index is 13.8. The molecule has 2 aromatic carbocycles. The van der Waals surface area contributed by atoms with Crippen LogP contribution in [0.5, 0.6) is 0 Å². The topological polar surface area (TPSA) is 12.0 Å². The second-order valence-corrected chi connectivity index (χ2v) is 5.36. The van der Waals surface area contributed by atoms with Crippen molar-refractivity contribution in [1.82, 2.24) is 0 Å². The number of anilines is 1. The van der Waals surface area contributed by atoms with Crippen LogP contribution in [0.3, 0.4) is 0 Å². The second kappa shape index (κ2) is 5.81. The first-order valence-corrected chi connectivity index (χ1v) is 6.70. The maximum absolute atomic E-state index is 13.8. The first kappa shape index (κ1) is 14.2. The molecule has 0 aliphatic rings. The predicted molar refractivity (Wildman–Crippen MR) is 79.6 cm³/mol. The molecule has 0 aliphatic heterocycles. The van der Waals surface area contributed by atoms with E-state index in [4.69, 9.17) is 23.2 Å². The molecule has 0 aliphatic carbocycles. The fourth-order valence-corrected chi connectivity index (χ4v) is 2.47. The van der Waals surface area contributed by atoms with Crippen molar-refractivity contribution in [1.29, 1.82) is 0 Å². The Labute approximate surface area is 122 Å². The zero-order valence-electron chi connectivity index (χ0n) is 10.7. The SMILES string of the molecule is Cc1ccc(NC(C)c2ccc(Cl)cc2Cl)c(F)c1. The van der Waals surface area contributed by atoms with Crippen LogP contribution in [-0.2, 0) is 0 Å². The van der Waals surface area contributed by atoms with Crippen molar-refractivity contribution in [3.05, 3.63) is 63.4 Å². The van der Waals surface area contributed by atoms with Gasteiger partial charge in [0, 0.05) is 10.0 Å². The van der Waals surface area contributed by atoms with E-state index in [2.05, 4.69) is 5.32 Å². The summed E-state index contributed by atoms with van der Waals surface area (Å²) < 4.78 is 13.8. The molecule has 0 aromatic heterocycles. The van der Waals surface area contributed by atoms with Gasteiger partial charge in [-0.25, -0.2) is 4.39 Å². The summed E-state index contributed by atoms with van der Waals surface area (Å²) in [5, 5.41) is 4.27. The molecule has 0 radical (unpaired) electrons. The van der Waals surface area contributed by atoms with E-state index >= 15 is 0 Å². The van der Waals surface area contributed by atoms with E-state index in [0.717, 1.165) is 11.1 Å². The molecule has 1 unspecified atom stereocenters. The standard InChI is InChI=1S/C15H14Cl2FN/c1-9-3-6-15(14(18)7-9)19-10(2)12-5-4-11(16)8-13(12)17/h3-8,10,19H,1-2H3. The lowest BCUT2D eigenvalue weighted by Crippen LogP contribution is -2.08.